The first-order valence-electron chi connectivity index (χ1n) is 7.48. The first-order valence-corrected chi connectivity index (χ1v) is 7.48. The lowest BCUT2D eigenvalue weighted by atomic mass is 10.2. The summed E-state index contributed by atoms with van der Waals surface area (Å²) in [6.07, 6.45) is 2.46. The molecule has 1 heterocycles. The summed E-state index contributed by atoms with van der Waals surface area (Å²) < 4.78 is 0. The fraction of sp³-hybridized carbons (Fsp3) is 0.235. The Bertz CT molecular complexity index is 780. The molecule has 0 fully saturated rings. The summed E-state index contributed by atoms with van der Waals surface area (Å²) in [6, 6.07) is 15.3. The number of amides is 1. The zero-order chi connectivity index (χ0) is 15.4. The highest BCUT2D eigenvalue weighted by molar-refractivity contribution is 5.92. The molecule has 5 nitrogen and oxygen atoms in total. The normalized spacial score (nSPS) is 10.8. The Hall–Kier alpha value is -2.69. The summed E-state index contributed by atoms with van der Waals surface area (Å²) in [4.78, 5) is 13.4. The van der Waals surface area contributed by atoms with Gasteiger partial charge in [-0.25, -0.2) is 0 Å². The minimum Gasteiger partial charge on any atom is -0.326 e. The van der Waals surface area contributed by atoms with E-state index < -0.39 is 0 Å². The molecule has 1 N–H and O–H groups in total. The van der Waals surface area contributed by atoms with Gasteiger partial charge in [-0.05, 0) is 36.8 Å². The lowest BCUT2D eigenvalue weighted by molar-refractivity contribution is -0.116. The van der Waals surface area contributed by atoms with Crippen LogP contribution < -0.4 is 5.32 Å². The van der Waals surface area contributed by atoms with Gasteiger partial charge in [0.25, 0.3) is 0 Å². The van der Waals surface area contributed by atoms with Crippen molar-refractivity contribution in [3.63, 3.8) is 0 Å². The molecule has 0 saturated heterocycles. The quantitative estimate of drug-likeness (QED) is 0.783. The summed E-state index contributed by atoms with van der Waals surface area (Å²) in [5.41, 5.74) is 3.23. The molecule has 1 amide bonds. The number of unbranched alkanes of at least 4 members (excludes halogenated alkanes) is 1. The third-order valence-electron chi connectivity index (χ3n) is 3.41. The number of para-hydroxylation sites is 1. The maximum Gasteiger partial charge on any atom is 0.224 e. The van der Waals surface area contributed by atoms with Gasteiger partial charge in [0.05, 0.1) is 5.69 Å². The zero-order valence-corrected chi connectivity index (χ0v) is 12.5. The number of rotatable bonds is 5. The number of anilines is 1. The van der Waals surface area contributed by atoms with Gasteiger partial charge in [-0.1, -0.05) is 31.5 Å². The fourth-order valence-electron chi connectivity index (χ4n) is 2.23. The lowest BCUT2D eigenvalue weighted by Crippen LogP contribution is -2.10. The minimum absolute atomic E-state index is 0.0386. The highest BCUT2D eigenvalue weighted by Gasteiger charge is 2.07. The SMILES string of the molecule is CCCCC(=O)Nc1ccc2nn(-c3ccccc3)nc2c1. The number of fused-ring (bicyclic) bond motifs is 1. The highest BCUT2D eigenvalue weighted by atomic mass is 16.1. The molecule has 5 heteroatoms. The minimum atomic E-state index is 0.0386. The van der Waals surface area contributed by atoms with Crippen LogP contribution in [0.15, 0.2) is 48.5 Å². The van der Waals surface area contributed by atoms with Crippen molar-refractivity contribution in [3.8, 4) is 5.69 Å². The maximum absolute atomic E-state index is 11.8. The standard InChI is InChI=1S/C17H18N4O/c1-2-3-9-17(22)18-13-10-11-15-16(12-13)20-21(19-15)14-7-5-4-6-8-14/h4-8,10-12H,2-3,9H2,1H3,(H,18,22). The zero-order valence-electron chi connectivity index (χ0n) is 12.5. The third-order valence-corrected chi connectivity index (χ3v) is 3.41. The smallest absolute Gasteiger partial charge is 0.224 e. The van der Waals surface area contributed by atoms with Gasteiger partial charge >= 0.3 is 0 Å². The molecule has 3 aromatic rings. The second-order valence-corrected chi connectivity index (χ2v) is 5.18. The highest BCUT2D eigenvalue weighted by Crippen LogP contribution is 2.17. The monoisotopic (exact) mass is 294 g/mol. The topological polar surface area (TPSA) is 59.8 Å². The summed E-state index contributed by atoms with van der Waals surface area (Å²) in [6.45, 7) is 2.07. The van der Waals surface area contributed by atoms with Crippen LogP contribution in [-0.2, 0) is 4.79 Å². The van der Waals surface area contributed by atoms with Crippen molar-refractivity contribution in [1.29, 1.82) is 0 Å². The number of hydrogen-bond donors (Lipinski definition) is 1. The van der Waals surface area contributed by atoms with E-state index in [4.69, 9.17) is 0 Å². The molecule has 0 saturated carbocycles. The van der Waals surface area contributed by atoms with E-state index in [-0.39, 0.29) is 5.91 Å². The van der Waals surface area contributed by atoms with E-state index in [0.29, 0.717) is 6.42 Å². The molecule has 1 aromatic heterocycles. The third kappa shape index (κ3) is 3.14. The number of hydrogen-bond acceptors (Lipinski definition) is 3. The summed E-state index contributed by atoms with van der Waals surface area (Å²) >= 11 is 0. The summed E-state index contributed by atoms with van der Waals surface area (Å²) in [5.74, 6) is 0.0386. The molecule has 0 spiro atoms. The largest absolute Gasteiger partial charge is 0.326 e. The van der Waals surface area contributed by atoms with Crippen LogP contribution in [0.25, 0.3) is 16.7 Å². The van der Waals surface area contributed by atoms with Crippen LogP contribution in [0.2, 0.25) is 0 Å². The Balaban J connectivity index is 1.83. The number of nitrogens with zero attached hydrogens (tertiary/aromatic N) is 3. The fourth-order valence-corrected chi connectivity index (χ4v) is 2.23. The maximum atomic E-state index is 11.8. The molecule has 0 atom stereocenters. The second kappa shape index (κ2) is 6.39. The summed E-state index contributed by atoms with van der Waals surface area (Å²) in [7, 11) is 0. The van der Waals surface area contributed by atoms with Crippen LogP contribution in [0.5, 0.6) is 0 Å². The van der Waals surface area contributed by atoms with Crippen LogP contribution in [0.4, 0.5) is 5.69 Å². The number of benzene rings is 2. The van der Waals surface area contributed by atoms with Gasteiger partial charge in [-0.15, -0.1) is 10.2 Å². The first kappa shape index (κ1) is 14.3. The predicted molar refractivity (Wildman–Crippen MR) is 87.0 cm³/mol. The molecule has 0 aliphatic heterocycles. The average Bonchev–Trinajstić information content (AvgIpc) is 2.97. The Morgan fingerprint density at radius 2 is 1.86 bits per heavy atom. The molecule has 0 aliphatic carbocycles. The van der Waals surface area contributed by atoms with Crippen molar-refractivity contribution in [2.75, 3.05) is 5.32 Å². The molecule has 3 rings (SSSR count). The molecular weight excluding hydrogens is 276 g/mol. The van der Waals surface area contributed by atoms with Crippen LogP contribution in [0, 0.1) is 0 Å². The van der Waals surface area contributed by atoms with E-state index in [1.54, 1.807) is 4.80 Å². The second-order valence-electron chi connectivity index (χ2n) is 5.18. The van der Waals surface area contributed by atoms with Crippen molar-refractivity contribution in [3.05, 3.63) is 48.5 Å². The average molecular weight is 294 g/mol. The van der Waals surface area contributed by atoms with Crippen molar-refractivity contribution in [1.82, 2.24) is 15.0 Å². The molecule has 0 bridgehead atoms. The molecule has 2 aromatic carbocycles. The van der Waals surface area contributed by atoms with E-state index in [0.717, 1.165) is 35.2 Å². The van der Waals surface area contributed by atoms with Crippen molar-refractivity contribution < 1.29 is 4.79 Å². The van der Waals surface area contributed by atoms with E-state index in [1.165, 1.54) is 0 Å². The molecule has 112 valence electrons. The van der Waals surface area contributed by atoms with Crippen molar-refractivity contribution in [2.45, 2.75) is 26.2 Å². The van der Waals surface area contributed by atoms with Gasteiger partial charge in [0.2, 0.25) is 5.91 Å². The van der Waals surface area contributed by atoms with Crippen molar-refractivity contribution in [2.24, 2.45) is 0 Å². The Morgan fingerprint density at radius 1 is 1.09 bits per heavy atom. The number of nitrogens with one attached hydrogen (secondary N) is 1. The number of carbonyl (C=O) groups is 1. The molecule has 22 heavy (non-hydrogen) atoms. The van der Waals surface area contributed by atoms with Gasteiger partial charge in [0.1, 0.15) is 11.0 Å². The Kier molecular flexibility index (Phi) is 4.14. The van der Waals surface area contributed by atoms with Crippen LogP contribution in [0.3, 0.4) is 0 Å². The van der Waals surface area contributed by atoms with E-state index in [2.05, 4.69) is 22.4 Å². The first-order chi connectivity index (χ1) is 10.8. The van der Waals surface area contributed by atoms with Gasteiger partial charge in [-0.3, -0.25) is 4.79 Å². The van der Waals surface area contributed by atoms with Crippen LogP contribution in [0.1, 0.15) is 26.2 Å². The van der Waals surface area contributed by atoms with Gasteiger partial charge in [0, 0.05) is 12.1 Å². The number of aromatic nitrogens is 3. The Morgan fingerprint density at radius 3 is 2.64 bits per heavy atom. The number of carbonyl (C=O) groups excluding carboxylic acids is 1. The van der Waals surface area contributed by atoms with Crippen LogP contribution >= 0.6 is 0 Å². The van der Waals surface area contributed by atoms with E-state index in [1.807, 2.05) is 48.5 Å². The predicted octanol–water partition coefficient (Wildman–Crippen LogP) is 3.55. The molecule has 0 unspecified atom stereocenters. The van der Waals surface area contributed by atoms with Gasteiger partial charge in [0.15, 0.2) is 0 Å². The van der Waals surface area contributed by atoms with Gasteiger partial charge in [-0.2, -0.15) is 4.80 Å². The van der Waals surface area contributed by atoms with Crippen molar-refractivity contribution >= 4 is 22.6 Å². The van der Waals surface area contributed by atoms with E-state index >= 15 is 0 Å². The molecular formula is C17H18N4O. The Labute approximate surface area is 129 Å². The lowest BCUT2D eigenvalue weighted by Gasteiger charge is -2.03. The van der Waals surface area contributed by atoms with Gasteiger partial charge < -0.3 is 5.32 Å². The van der Waals surface area contributed by atoms with Crippen LogP contribution in [-0.4, -0.2) is 20.9 Å². The summed E-state index contributed by atoms with van der Waals surface area (Å²) in [5, 5.41) is 11.8. The van der Waals surface area contributed by atoms with E-state index in [9.17, 15) is 4.79 Å². The molecule has 0 radical (unpaired) electrons. The molecule has 0 aliphatic rings.